The number of hydrazone groups is 1. The Morgan fingerprint density at radius 1 is 0.968 bits per heavy atom. The molecule has 31 heavy (non-hydrogen) atoms. The molecule has 1 amide bonds. The predicted octanol–water partition coefficient (Wildman–Crippen LogP) is 4.21. The van der Waals surface area contributed by atoms with Crippen LogP contribution >= 0.6 is 0 Å². The molecular formula is C23H17N5O3. The summed E-state index contributed by atoms with van der Waals surface area (Å²) in [6.07, 6.45) is 2.88. The van der Waals surface area contributed by atoms with Gasteiger partial charge in [0.05, 0.1) is 28.0 Å². The van der Waals surface area contributed by atoms with Crippen molar-refractivity contribution in [3.05, 3.63) is 112 Å². The summed E-state index contributed by atoms with van der Waals surface area (Å²) in [6, 6.07) is 24.9. The second-order valence-electron chi connectivity index (χ2n) is 6.55. The van der Waals surface area contributed by atoms with E-state index in [0.717, 1.165) is 11.3 Å². The summed E-state index contributed by atoms with van der Waals surface area (Å²) in [5, 5.41) is 19.6. The summed E-state index contributed by atoms with van der Waals surface area (Å²) in [7, 11) is 0. The first-order valence-corrected chi connectivity index (χ1v) is 9.41. The topological polar surface area (TPSA) is 102 Å². The molecule has 0 bridgehead atoms. The summed E-state index contributed by atoms with van der Waals surface area (Å²) >= 11 is 0. The number of rotatable bonds is 6. The number of amides is 1. The Kier molecular flexibility index (Phi) is 5.62. The van der Waals surface area contributed by atoms with E-state index in [4.69, 9.17) is 0 Å². The molecule has 1 aromatic heterocycles. The van der Waals surface area contributed by atoms with Gasteiger partial charge in [0.15, 0.2) is 0 Å². The van der Waals surface area contributed by atoms with Gasteiger partial charge in [-0.25, -0.2) is 10.1 Å². The third kappa shape index (κ3) is 4.38. The molecule has 0 saturated heterocycles. The van der Waals surface area contributed by atoms with Crippen LogP contribution in [0.15, 0.2) is 96.2 Å². The molecular weight excluding hydrogens is 394 g/mol. The highest BCUT2D eigenvalue weighted by Gasteiger charge is 2.18. The van der Waals surface area contributed by atoms with Crippen LogP contribution in [0, 0.1) is 10.1 Å². The van der Waals surface area contributed by atoms with Crippen molar-refractivity contribution in [1.29, 1.82) is 0 Å². The van der Waals surface area contributed by atoms with Crippen LogP contribution in [0.1, 0.15) is 15.9 Å². The number of carbonyl (C=O) groups excluding carboxylic acids is 1. The molecule has 1 N–H and O–H groups in total. The zero-order valence-electron chi connectivity index (χ0n) is 16.3. The van der Waals surface area contributed by atoms with Crippen molar-refractivity contribution in [2.75, 3.05) is 0 Å². The average molecular weight is 411 g/mol. The van der Waals surface area contributed by atoms with Gasteiger partial charge in [-0.3, -0.25) is 14.9 Å². The molecule has 0 unspecified atom stereocenters. The number of hydrogen-bond donors (Lipinski definition) is 1. The molecule has 1 heterocycles. The van der Waals surface area contributed by atoms with Crippen LogP contribution in [0.2, 0.25) is 0 Å². The first-order valence-electron chi connectivity index (χ1n) is 9.41. The minimum Gasteiger partial charge on any atom is -0.267 e. The van der Waals surface area contributed by atoms with E-state index in [1.54, 1.807) is 29.1 Å². The maximum atomic E-state index is 12.9. The van der Waals surface area contributed by atoms with Crippen molar-refractivity contribution in [3.63, 3.8) is 0 Å². The van der Waals surface area contributed by atoms with Crippen molar-refractivity contribution in [2.45, 2.75) is 0 Å². The second-order valence-corrected chi connectivity index (χ2v) is 6.55. The fourth-order valence-electron chi connectivity index (χ4n) is 3.05. The SMILES string of the molecule is O=C(N/N=C/c1ccccc1[N+](=O)[O-])c1cn(-c2ccccc2)nc1-c1ccccc1. The molecule has 8 heteroatoms. The van der Waals surface area contributed by atoms with E-state index in [9.17, 15) is 14.9 Å². The predicted molar refractivity (Wildman–Crippen MR) is 117 cm³/mol. The van der Waals surface area contributed by atoms with E-state index in [1.807, 2.05) is 60.7 Å². The lowest BCUT2D eigenvalue weighted by Crippen LogP contribution is -2.18. The Balaban J connectivity index is 1.64. The standard InChI is InChI=1S/C23H17N5O3/c29-23(25-24-15-18-11-7-8-14-21(18)28(30)31)20-16-27(19-12-5-2-6-13-19)26-22(20)17-9-3-1-4-10-17/h1-16H,(H,25,29)/b24-15+. The zero-order valence-corrected chi connectivity index (χ0v) is 16.3. The Morgan fingerprint density at radius 3 is 2.32 bits per heavy atom. The summed E-state index contributed by atoms with van der Waals surface area (Å²) in [5.74, 6) is -0.476. The van der Waals surface area contributed by atoms with Gasteiger partial charge in [-0.15, -0.1) is 0 Å². The van der Waals surface area contributed by atoms with Crippen molar-refractivity contribution >= 4 is 17.8 Å². The van der Waals surface area contributed by atoms with Crippen molar-refractivity contribution < 1.29 is 9.72 Å². The van der Waals surface area contributed by atoms with Gasteiger partial charge in [-0.2, -0.15) is 10.2 Å². The Morgan fingerprint density at radius 2 is 1.61 bits per heavy atom. The molecule has 0 fully saturated rings. The molecule has 3 aromatic carbocycles. The molecule has 8 nitrogen and oxygen atoms in total. The van der Waals surface area contributed by atoms with Crippen LogP contribution in [0.25, 0.3) is 16.9 Å². The number of aromatic nitrogens is 2. The van der Waals surface area contributed by atoms with Gasteiger partial charge in [0.25, 0.3) is 11.6 Å². The van der Waals surface area contributed by atoms with E-state index in [0.29, 0.717) is 11.3 Å². The number of benzene rings is 3. The number of nitro groups is 1. The monoisotopic (exact) mass is 411 g/mol. The number of nitrogens with one attached hydrogen (secondary N) is 1. The Bertz CT molecular complexity index is 1250. The van der Waals surface area contributed by atoms with Crippen LogP contribution in [0.4, 0.5) is 5.69 Å². The fourth-order valence-corrected chi connectivity index (χ4v) is 3.05. The van der Waals surface area contributed by atoms with Crippen LogP contribution in [0.3, 0.4) is 0 Å². The third-order valence-electron chi connectivity index (χ3n) is 4.53. The second kappa shape index (κ2) is 8.83. The lowest BCUT2D eigenvalue weighted by molar-refractivity contribution is -0.385. The molecule has 4 rings (SSSR count). The first kappa shape index (κ1) is 19.7. The number of nitro benzene ring substituents is 1. The molecule has 0 aliphatic heterocycles. The minimum atomic E-state index is -0.499. The van der Waals surface area contributed by atoms with Gasteiger partial charge in [-0.1, -0.05) is 60.7 Å². The minimum absolute atomic E-state index is 0.0950. The van der Waals surface area contributed by atoms with Crippen LogP contribution in [-0.2, 0) is 0 Å². The largest absolute Gasteiger partial charge is 0.278 e. The fraction of sp³-hybridized carbons (Fsp3) is 0. The summed E-state index contributed by atoms with van der Waals surface area (Å²) in [6.45, 7) is 0. The third-order valence-corrected chi connectivity index (χ3v) is 4.53. The van der Waals surface area contributed by atoms with E-state index < -0.39 is 10.8 Å². The van der Waals surface area contributed by atoms with Crippen LogP contribution < -0.4 is 5.43 Å². The average Bonchev–Trinajstić information content (AvgIpc) is 3.26. The maximum Gasteiger partial charge on any atom is 0.278 e. The Labute approximate surface area is 177 Å². The molecule has 0 spiro atoms. The van der Waals surface area contributed by atoms with E-state index in [2.05, 4.69) is 15.6 Å². The lowest BCUT2D eigenvalue weighted by Gasteiger charge is -2.01. The Hall–Kier alpha value is -4.59. The summed E-state index contributed by atoms with van der Waals surface area (Å²) in [5.41, 5.74) is 5.06. The highest BCUT2D eigenvalue weighted by molar-refractivity contribution is 6.00. The molecule has 0 aliphatic rings. The smallest absolute Gasteiger partial charge is 0.267 e. The van der Waals surface area contributed by atoms with Gasteiger partial charge >= 0.3 is 0 Å². The summed E-state index contributed by atoms with van der Waals surface area (Å²) in [4.78, 5) is 23.5. The van der Waals surface area contributed by atoms with Gasteiger partial charge in [-0.05, 0) is 18.2 Å². The molecule has 4 aromatic rings. The van der Waals surface area contributed by atoms with Crippen molar-refractivity contribution in [3.8, 4) is 16.9 Å². The van der Waals surface area contributed by atoms with E-state index in [1.165, 1.54) is 12.3 Å². The quantitative estimate of drug-likeness (QED) is 0.292. The number of para-hydroxylation sites is 2. The molecule has 152 valence electrons. The zero-order chi connectivity index (χ0) is 21.6. The van der Waals surface area contributed by atoms with E-state index >= 15 is 0 Å². The van der Waals surface area contributed by atoms with Crippen LogP contribution in [0.5, 0.6) is 0 Å². The number of carbonyl (C=O) groups is 1. The van der Waals surface area contributed by atoms with E-state index in [-0.39, 0.29) is 11.3 Å². The molecule has 0 aliphatic carbocycles. The van der Waals surface area contributed by atoms with Gasteiger partial charge in [0, 0.05) is 17.8 Å². The highest BCUT2D eigenvalue weighted by atomic mass is 16.6. The van der Waals surface area contributed by atoms with Crippen LogP contribution in [-0.4, -0.2) is 26.8 Å². The van der Waals surface area contributed by atoms with Gasteiger partial charge < -0.3 is 0 Å². The first-order chi connectivity index (χ1) is 15.1. The maximum absolute atomic E-state index is 12.9. The van der Waals surface area contributed by atoms with Crippen molar-refractivity contribution in [2.24, 2.45) is 5.10 Å². The normalized spacial score (nSPS) is 10.8. The molecule has 0 radical (unpaired) electrons. The molecule has 0 saturated carbocycles. The lowest BCUT2D eigenvalue weighted by atomic mass is 10.1. The van der Waals surface area contributed by atoms with Gasteiger partial charge in [0.1, 0.15) is 5.69 Å². The number of hydrogen-bond acceptors (Lipinski definition) is 5. The van der Waals surface area contributed by atoms with Gasteiger partial charge in [0.2, 0.25) is 0 Å². The summed E-state index contributed by atoms with van der Waals surface area (Å²) < 4.78 is 1.63. The highest BCUT2D eigenvalue weighted by Crippen LogP contribution is 2.23. The van der Waals surface area contributed by atoms with Crippen molar-refractivity contribution in [1.82, 2.24) is 15.2 Å². The molecule has 0 atom stereocenters. The number of nitrogens with zero attached hydrogens (tertiary/aromatic N) is 4.